The Kier molecular flexibility index (Phi) is 3.30. The van der Waals surface area contributed by atoms with Crippen molar-refractivity contribution in [1.29, 1.82) is 0 Å². The zero-order chi connectivity index (χ0) is 15.7. The number of hydrogen-bond donors (Lipinski definition) is 1. The fourth-order valence-corrected chi connectivity index (χ4v) is 2.38. The van der Waals surface area contributed by atoms with Crippen LogP contribution in [0.15, 0.2) is 48.5 Å². The van der Waals surface area contributed by atoms with E-state index >= 15 is 0 Å². The van der Waals surface area contributed by atoms with Crippen LogP contribution < -0.4 is 0 Å². The first-order chi connectivity index (χ1) is 10.6. The highest BCUT2D eigenvalue weighted by atomic mass is 16.6. The molecule has 3 aromatic rings. The van der Waals surface area contributed by atoms with E-state index in [2.05, 4.69) is 5.10 Å². The van der Waals surface area contributed by atoms with Crippen molar-refractivity contribution in [2.24, 2.45) is 0 Å². The maximum Gasteiger partial charge on any atom is 0.390 e. The Bertz CT molecular complexity index is 880. The molecule has 22 heavy (non-hydrogen) atoms. The molecule has 0 atom stereocenters. The molecule has 0 saturated heterocycles. The van der Waals surface area contributed by atoms with Crippen LogP contribution in [0.3, 0.4) is 0 Å². The minimum Gasteiger partial charge on any atom is -0.476 e. The van der Waals surface area contributed by atoms with Gasteiger partial charge in [0, 0.05) is 0 Å². The van der Waals surface area contributed by atoms with Crippen LogP contribution in [0.2, 0.25) is 0 Å². The second-order valence-electron chi connectivity index (χ2n) is 4.75. The molecule has 0 aliphatic heterocycles. The maximum absolute atomic E-state index is 11.2. The number of hydrogen-bond acceptors (Lipinski definition) is 4. The second kappa shape index (κ2) is 5.28. The SMILES string of the molecule is O=C(O)c1cc([N+](=O)[O-])nn1Cc1cccc2ccccc12. The van der Waals surface area contributed by atoms with Crippen molar-refractivity contribution in [2.45, 2.75) is 6.54 Å². The van der Waals surface area contributed by atoms with Crippen LogP contribution >= 0.6 is 0 Å². The summed E-state index contributed by atoms with van der Waals surface area (Å²) in [5.41, 5.74) is 0.637. The molecule has 0 aliphatic rings. The molecule has 0 unspecified atom stereocenters. The molecule has 0 bridgehead atoms. The fourth-order valence-electron chi connectivity index (χ4n) is 2.38. The summed E-state index contributed by atoms with van der Waals surface area (Å²) in [6, 6.07) is 14.3. The molecule has 7 nitrogen and oxygen atoms in total. The van der Waals surface area contributed by atoms with Crippen LogP contribution in [-0.4, -0.2) is 25.8 Å². The average Bonchev–Trinajstić information content (AvgIpc) is 2.92. The van der Waals surface area contributed by atoms with Gasteiger partial charge in [0.1, 0.15) is 0 Å². The third-order valence-corrected chi connectivity index (χ3v) is 3.37. The lowest BCUT2D eigenvalue weighted by atomic mass is 10.0. The highest BCUT2D eigenvalue weighted by molar-refractivity contribution is 5.87. The van der Waals surface area contributed by atoms with E-state index in [4.69, 9.17) is 5.11 Å². The minimum absolute atomic E-state index is 0.150. The van der Waals surface area contributed by atoms with Crippen molar-refractivity contribution in [3.63, 3.8) is 0 Å². The Hall–Kier alpha value is -3.22. The van der Waals surface area contributed by atoms with Gasteiger partial charge in [-0.15, -0.1) is 0 Å². The van der Waals surface area contributed by atoms with Crippen molar-refractivity contribution < 1.29 is 14.8 Å². The quantitative estimate of drug-likeness (QED) is 0.589. The summed E-state index contributed by atoms with van der Waals surface area (Å²) in [6.45, 7) is 0.150. The Morgan fingerprint density at radius 1 is 1.23 bits per heavy atom. The molecular formula is C15H11N3O4. The molecule has 1 N–H and O–H groups in total. The highest BCUT2D eigenvalue weighted by Crippen LogP contribution is 2.21. The van der Waals surface area contributed by atoms with Crippen LogP contribution in [0, 0.1) is 10.1 Å². The summed E-state index contributed by atoms with van der Waals surface area (Å²) in [7, 11) is 0. The summed E-state index contributed by atoms with van der Waals surface area (Å²) in [4.78, 5) is 21.3. The topological polar surface area (TPSA) is 98.3 Å². The molecule has 3 rings (SSSR count). The van der Waals surface area contributed by atoms with E-state index in [9.17, 15) is 14.9 Å². The Balaban J connectivity index is 2.08. The van der Waals surface area contributed by atoms with E-state index in [0.717, 1.165) is 27.1 Å². The van der Waals surface area contributed by atoms with Gasteiger partial charge in [-0.1, -0.05) is 42.5 Å². The molecule has 1 heterocycles. The average molecular weight is 297 g/mol. The van der Waals surface area contributed by atoms with Gasteiger partial charge in [-0.3, -0.25) is 0 Å². The molecule has 0 radical (unpaired) electrons. The standard InChI is InChI=1S/C15H11N3O4/c19-15(20)13-8-14(18(21)22)16-17(13)9-11-6-3-5-10-4-1-2-7-12(10)11/h1-8H,9H2,(H,19,20). The predicted octanol–water partition coefficient (Wildman–Crippen LogP) is 2.69. The van der Waals surface area contributed by atoms with E-state index in [0.29, 0.717) is 0 Å². The van der Waals surface area contributed by atoms with Crippen molar-refractivity contribution >= 4 is 22.6 Å². The molecule has 7 heteroatoms. The minimum atomic E-state index is -1.25. The number of carboxylic acids is 1. The number of fused-ring (bicyclic) bond motifs is 1. The van der Waals surface area contributed by atoms with Crippen LogP contribution in [-0.2, 0) is 6.54 Å². The zero-order valence-corrected chi connectivity index (χ0v) is 11.3. The van der Waals surface area contributed by atoms with Gasteiger partial charge in [0.2, 0.25) is 0 Å². The van der Waals surface area contributed by atoms with Gasteiger partial charge < -0.3 is 15.2 Å². The number of nitro groups is 1. The Labute approximate surface area is 124 Å². The molecule has 0 amide bonds. The normalized spacial score (nSPS) is 10.7. The smallest absolute Gasteiger partial charge is 0.390 e. The number of nitrogens with zero attached hydrogens (tertiary/aromatic N) is 3. The van der Waals surface area contributed by atoms with Crippen molar-refractivity contribution in [3.8, 4) is 0 Å². The van der Waals surface area contributed by atoms with Gasteiger partial charge >= 0.3 is 11.8 Å². The van der Waals surface area contributed by atoms with Crippen LogP contribution in [0.1, 0.15) is 16.1 Å². The largest absolute Gasteiger partial charge is 0.476 e. The lowest BCUT2D eigenvalue weighted by Crippen LogP contribution is -2.11. The van der Waals surface area contributed by atoms with Gasteiger partial charge in [0.15, 0.2) is 5.69 Å². The molecule has 1 aromatic heterocycles. The van der Waals surface area contributed by atoms with E-state index in [-0.39, 0.29) is 12.2 Å². The summed E-state index contributed by atoms with van der Waals surface area (Å²) in [5, 5.41) is 25.7. The first-order valence-electron chi connectivity index (χ1n) is 6.48. The molecule has 0 saturated carbocycles. The third kappa shape index (κ3) is 2.39. The first-order valence-corrected chi connectivity index (χ1v) is 6.48. The van der Waals surface area contributed by atoms with E-state index in [1.165, 1.54) is 0 Å². The van der Waals surface area contributed by atoms with E-state index in [1.54, 1.807) is 0 Å². The van der Waals surface area contributed by atoms with Crippen molar-refractivity contribution in [1.82, 2.24) is 9.78 Å². The molecular weight excluding hydrogens is 286 g/mol. The van der Waals surface area contributed by atoms with Crippen molar-refractivity contribution in [2.75, 3.05) is 0 Å². The fraction of sp³-hybridized carbons (Fsp3) is 0.0667. The number of benzene rings is 2. The molecule has 0 aliphatic carbocycles. The van der Waals surface area contributed by atoms with Crippen molar-refractivity contribution in [3.05, 3.63) is 69.9 Å². The second-order valence-corrected chi connectivity index (χ2v) is 4.75. The summed E-state index contributed by atoms with van der Waals surface area (Å²) in [5.74, 6) is -1.72. The van der Waals surface area contributed by atoms with E-state index in [1.807, 2.05) is 42.5 Å². The van der Waals surface area contributed by atoms with Crippen LogP contribution in [0.5, 0.6) is 0 Å². The molecule has 110 valence electrons. The van der Waals surface area contributed by atoms with Gasteiger partial charge in [-0.05, 0) is 21.3 Å². The molecule has 2 aromatic carbocycles. The third-order valence-electron chi connectivity index (χ3n) is 3.37. The molecule has 0 spiro atoms. The van der Waals surface area contributed by atoms with Crippen LogP contribution in [0.4, 0.5) is 5.82 Å². The lowest BCUT2D eigenvalue weighted by Gasteiger charge is -2.05. The first kappa shape index (κ1) is 13.7. The number of aromatic carboxylic acids is 1. The van der Waals surface area contributed by atoms with Gasteiger partial charge in [0.25, 0.3) is 0 Å². The zero-order valence-electron chi connectivity index (χ0n) is 11.3. The Morgan fingerprint density at radius 2 is 1.95 bits per heavy atom. The van der Waals surface area contributed by atoms with Gasteiger partial charge in [0.05, 0.1) is 17.7 Å². The maximum atomic E-state index is 11.2. The molecule has 0 fully saturated rings. The Morgan fingerprint density at radius 3 is 2.68 bits per heavy atom. The number of aromatic nitrogens is 2. The summed E-state index contributed by atoms with van der Waals surface area (Å²) >= 11 is 0. The lowest BCUT2D eigenvalue weighted by molar-refractivity contribution is -0.389. The highest BCUT2D eigenvalue weighted by Gasteiger charge is 2.23. The number of carbonyl (C=O) groups is 1. The summed E-state index contributed by atoms with van der Waals surface area (Å²) < 4.78 is 1.14. The number of carboxylic acid groups (broad SMARTS) is 1. The predicted molar refractivity (Wildman–Crippen MR) is 78.9 cm³/mol. The van der Waals surface area contributed by atoms with Crippen LogP contribution in [0.25, 0.3) is 10.8 Å². The number of rotatable bonds is 4. The monoisotopic (exact) mass is 297 g/mol. The van der Waals surface area contributed by atoms with Gasteiger partial charge in [-0.2, -0.15) is 4.68 Å². The van der Waals surface area contributed by atoms with Gasteiger partial charge in [-0.25, -0.2) is 4.79 Å². The van der Waals surface area contributed by atoms with E-state index < -0.39 is 16.7 Å². The summed E-state index contributed by atoms with van der Waals surface area (Å²) in [6.07, 6.45) is 0.